The van der Waals surface area contributed by atoms with Crippen molar-refractivity contribution in [3.8, 4) is 0 Å². The zero-order chi connectivity index (χ0) is 14.8. The highest BCUT2D eigenvalue weighted by molar-refractivity contribution is 9.10. The molecule has 1 aromatic heterocycles. The van der Waals surface area contributed by atoms with Gasteiger partial charge in [0, 0.05) is 10.7 Å². The van der Waals surface area contributed by atoms with Crippen LogP contribution < -0.4 is 5.32 Å². The summed E-state index contributed by atoms with van der Waals surface area (Å²) in [6.07, 6.45) is -3.40. The van der Waals surface area contributed by atoms with Crippen LogP contribution in [0.3, 0.4) is 0 Å². The van der Waals surface area contributed by atoms with E-state index in [2.05, 4.69) is 26.3 Å². The number of nitrogens with zero attached hydrogens (tertiary/aromatic N) is 2. The second kappa shape index (κ2) is 5.66. The largest absolute Gasteiger partial charge is 0.435 e. The Hall–Kier alpha value is -1.83. The van der Waals surface area contributed by atoms with E-state index < -0.39 is 17.8 Å². The Morgan fingerprint density at radius 1 is 1.30 bits per heavy atom. The summed E-state index contributed by atoms with van der Waals surface area (Å²) in [6.45, 7) is -0.294. The van der Waals surface area contributed by atoms with Gasteiger partial charge in [0.15, 0.2) is 5.69 Å². The standard InChI is InChI=1S/C12H9BrF3N3O/c13-8-3-1-2-4-9(8)17-11(20)7-19-6-5-10(18-19)12(14,15)16/h1-6H,7H2,(H,17,20). The summed E-state index contributed by atoms with van der Waals surface area (Å²) in [5.74, 6) is -0.464. The van der Waals surface area contributed by atoms with Crippen LogP contribution in [-0.2, 0) is 17.5 Å². The number of anilines is 1. The van der Waals surface area contributed by atoms with Gasteiger partial charge in [0.2, 0.25) is 5.91 Å². The lowest BCUT2D eigenvalue weighted by atomic mass is 10.3. The van der Waals surface area contributed by atoms with Crippen LogP contribution in [0.25, 0.3) is 0 Å². The fourth-order valence-corrected chi connectivity index (χ4v) is 1.88. The molecule has 4 nitrogen and oxygen atoms in total. The van der Waals surface area contributed by atoms with Crippen LogP contribution in [0.2, 0.25) is 0 Å². The first-order valence-electron chi connectivity index (χ1n) is 5.51. The predicted octanol–water partition coefficient (Wildman–Crippen LogP) is 3.30. The first-order chi connectivity index (χ1) is 9.36. The lowest BCUT2D eigenvalue weighted by Gasteiger charge is -2.07. The molecule has 106 valence electrons. The molecule has 0 aliphatic rings. The summed E-state index contributed by atoms with van der Waals surface area (Å²) in [5.41, 5.74) is -0.480. The van der Waals surface area contributed by atoms with Gasteiger partial charge in [-0.3, -0.25) is 9.48 Å². The third-order valence-electron chi connectivity index (χ3n) is 2.38. The van der Waals surface area contributed by atoms with Gasteiger partial charge in [-0.15, -0.1) is 0 Å². The Labute approximate surface area is 120 Å². The molecule has 1 heterocycles. The van der Waals surface area contributed by atoms with Crippen LogP contribution in [-0.4, -0.2) is 15.7 Å². The molecule has 0 aliphatic carbocycles. The van der Waals surface area contributed by atoms with Crippen LogP contribution >= 0.6 is 15.9 Å². The number of carbonyl (C=O) groups is 1. The molecule has 0 saturated carbocycles. The van der Waals surface area contributed by atoms with Crippen molar-refractivity contribution in [2.75, 3.05) is 5.32 Å². The second-order valence-electron chi connectivity index (χ2n) is 3.92. The van der Waals surface area contributed by atoms with E-state index in [9.17, 15) is 18.0 Å². The van der Waals surface area contributed by atoms with Crippen molar-refractivity contribution >= 4 is 27.5 Å². The van der Waals surface area contributed by atoms with Gasteiger partial charge in [-0.1, -0.05) is 12.1 Å². The van der Waals surface area contributed by atoms with Crippen LogP contribution in [0.5, 0.6) is 0 Å². The van der Waals surface area contributed by atoms with Gasteiger partial charge >= 0.3 is 6.18 Å². The van der Waals surface area contributed by atoms with Crippen molar-refractivity contribution in [3.05, 3.63) is 46.7 Å². The van der Waals surface area contributed by atoms with Crippen molar-refractivity contribution in [2.24, 2.45) is 0 Å². The van der Waals surface area contributed by atoms with Crippen molar-refractivity contribution in [1.82, 2.24) is 9.78 Å². The van der Waals surface area contributed by atoms with E-state index in [4.69, 9.17) is 0 Å². The molecule has 0 bridgehead atoms. The van der Waals surface area contributed by atoms with Crippen LogP contribution in [0.1, 0.15) is 5.69 Å². The Kier molecular flexibility index (Phi) is 4.12. The molecule has 1 N–H and O–H groups in total. The highest BCUT2D eigenvalue weighted by Crippen LogP contribution is 2.27. The number of alkyl halides is 3. The number of hydrogen-bond donors (Lipinski definition) is 1. The summed E-state index contributed by atoms with van der Waals surface area (Å²) < 4.78 is 38.7. The van der Waals surface area contributed by atoms with Gasteiger partial charge in [0.1, 0.15) is 6.54 Å². The Bertz CT molecular complexity index is 624. The van der Waals surface area contributed by atoms with Gasteiger partial charge in [-0.05, 0) is 34.1 Å². The zero-order valence-corrected chi connectivity index (χ0v) is 11.6. The average molecular weight is 348 g/mol. The summed E-state index contributed by atoms with van der Waals surface area (Å²) in [5, 5.41) is 5.88. The van der Waals surface area contributed by atoms with E-state index >= 15 is 0 Å². The van der Waals surface area contributed by atoms with Gasteiger partial charge in [0.05, 0.1) is 5.69 Å². The number of para-hydroxylation sites is 1. The summed E-state index contributed by atoms with van der Waals surface area (Å²) >= 11 is 3.25. The van der Waals surface area contributed by atoms with E-state index in [0.717, 1.165) is 16.9 Å². The second-order valence-corrected chi connectivity index (χ2v) is 4.78. The van der Waals surface area contributed by atoms with Crippen LogP contribution in [0.15, 0.2) is 41.0 Å². The highest BCUT2D eigenvalue weighted by Gasteiger charge is 2.33. The molecule has 1 amide bonds. The third-order valence-corrected chi connectivity index (χ3v) is 3.08. The third kappa shape index (κ3) is 3.60. The number of rotatable bonds is 3. The van der Waals surface area contributed by atoms with Crippen molar-refractivity contribution in [3.63, 3.8) is 0 Å². The molecule has 0 aliphatic heterocycles. The maximum absolute atomic E-state index is 12.4. The van der Waals surface area contributed by atoms with Crippen LogP contribution in [0, 0.1) is 0 Å². The lowest BCUT2D eigenvalue weighted by Crippen LogP contribution is -2.20. The minimum Gasteiger partial charge on any atom is -0.323 e. The molecule has 0 unspecified atom stereocenters. The number of benzene rings is 1. The molecule has 1 aromatic carbocycles. The first kappa shape index (κ1) is 14.6. The maximum atomic E-state index is 12.4. The quantitative estimate of drug-likeness (QED) is 0.925. The Morgan fingerprint density at radius 2 is 2.00 bits per heavy atom. The fourth-order valence-electron chi connectivity index (χ4n) is 1.50. The van der Waals surface area contributed by atoms with Gasteiger partial charge in [-0.25, -0.2) is 0 Å². The molecule has 0 radical (unpaired) electrons. The van der Waals surface area contributed by atoms with E-state index in [1.54, 1.807) is 24.3 Å². The molecule has 0 saturated heterocycles. The van der Waals surface area contributed by atoms with Crippen molar-refractivity contribution in [1.29, 1.82) is 0 Å². The summed E-state index contributed by atoms with van der Waals surface area (Å²) in [7, 11) is 0. The maximum Gasteiger partial charge on any atom is 0.435 e. The number of carbonyl (C=O) groups excluding carboxylic acids is 1. The van der Waals surface area contributed by atoms with E-state index in [1.165, 1.54) is 0 Å². The molecule has 0 fully saturated rings. The van der Waals surface area contributed by atoms with Crippen LogP contribution in [0.4, 0.5) is 18.9 Å². The zero-order valence-electron chi connectivity index (χ0n) is 9.99. The molecule has 8 heteroatoms. The summed E-state index contributed by atoms with van der Waals surface area (Å²) in [6, 6.07) is 7.75. The number of amides is 1. The number of aromatic nitrogens is 2. The fraction of sp³-hybridized carbons (Fsp3) is 0.167. The van der Waals surface area contributed by atoms with Crippen molar-refractivity contribution in [2.45, 2.75) is 12.7 Å². The van der Waals surface area contributed by atoms with Gasteiger partial charge in [0.25, 0.3) is 0 Å². The minimum absolute atomic E-state index is 0.294. The monoisotopic (exact) mass is 347 g/mol. The normalized spacial score (nSPS) is 11.4. The predicted molar refractivity (Wildman–Crippen MR) is 70.0 cm³/mol. The van der Waals surface area contributed by atoms with Gasteiger partial charge < -0.3 is 5.32 Å². The van der Waals surface area contributed by atoms with E-state index in [0.29, 0.717) is 10.2 Å². The number of halogens is 4. The summed E-state index contributed by atoms with van der Waals surface area (Å²) in [4.78, 5) is 11.7. The topological polar surface area (TPSA) is 46.9 Å². The molecule has 2 rings (SSSR count). The lowest BCUT2D eigenvalue weighted by molar-refractivity contribution is -0.141. The minimum atomic E-state index is -4.51. The molecular formula is C12H9BrF3N3O. The van der Waals surface area contributed by atoms with E-state index in [1.807, 2.05) is 0 Å². The average Bonchev–Trinajstić information content (AvgIpc) is 2.80. The molecule has 2 aromatic rings. The SMILES string of the molecule is O=C(Cn1ccc(C(F)(F)F)n1)Nc1ccccc1Br. The molecular weight excluding hydrogens is 339 g/mol. The molecule has 0 atom stereocenters. The van der Waals surface area contributed by atoms with E-state index in [-0.39, 0.29) is 6.54 Å². The Balaban J connectivity index is 2.02. The first-order valence-corrected chi connectivity index (χ1v) is 6.30. The number of nitrogens with one attached hydrogen (secondary N) is 1. The highest BCUT2D eigenvalue weighted by atomic mass is 79.9. The number of hydrogen-bond acceptors (Lipinski definition) is 2. The Morgan fingerprint density at radius 3 is 2.60 bits per heavy atom. The van der Waals surface area contributed by atoms with Gasteiger partial charge in [-0.2, -0.15) is 18.3 Å². The smallest absolute Gasteiger partial charge is 0.323 e. The molecule has 20 heavy (non-hydrogen) atoms. The van der Waals surface area contributed by atoms with Crippen molar-refractivity contribution < 1.29 is 18.0 Å². The molecule has 0 spiro atoms.